The maximum absolute atomic E-state index is 10.2. The molecule has 3 fully saturated rings. The molecule has 0 saturated heterocycles. The first-order valence-corrected chi connectivity index (χ1v) is 21.2. The van der Waals surface area contributed by atoms with Crippen molar-refractivity contribution >= 4 is 23.0 Å². The molecule has 56 heavy (non-hydrogen) atoms. The Hall–Kier alpha value is -3.69. The molecule has 0 aromatic heterocycles. The molecule has 2 aromatic carbocycles. The number of nitrogens with zero attached hydrogens (tertiary/aromatic N) is 4. The van der Waals surface area contributed by atoms with Crippen LogP contribution in [0.25, 0.3) is 5.32 Å². The van der Waals surface area contributed by atoms with E-state index in [2.05, 4.69) is 63.2 Å². The van der Waals surface area contributed by atoms with Gasteiger partial charge in [-0.1, -0.05) is 113 Å². The Bertz CT molecular complexity index is 1440. The van der Waals surface area contributed by atoms with E-state index in [1.807, 2.05) is 54.4 Å². The number of aliphatic imine (C=N–C) groups is 1. The fourth-order valence-electron chi connectivity index (χ4n) is 9.23. The average molecular weight is 806 g/mol. The number of hydrogen-bond acceptors (Lipinski definition) is 6. The molecule has 7 nitrogen and oxygen atoms in total. The Morgan fingerprint density at radius 3 is 1.79 bits per heavy atom. The molecule has 0 atom stereocenters. The Morgan fingerprint density at radius 2 is 1.36 bits per heavy atom. The zero-order valence-corrected chi connectivity index (χ0v) is 35.9. The molecule has 9 heteroatoms. The largest absolute Gasteiger partial charge is 3.00 e. The van der Waals surface area contributed by atoms with Gasteiger partial charge in [-0.3, -0.25) is 4.99 Å². The average Bonchev–Trinajstić information content (AvgIpc) is 3.26. The number of nitroso groups, excluding NO2 is 1. The number of rotatable bonds is 11. The molecule has 0 amide bonds. The summed E-state index contributed by atoms with van der Waals surface area (Å²) in [5.41, 5.74) is 5.14. The smallest absolute Gasteiger partial charge is 0.792 e. The summed E-state index contributed by atoms with van der Waals surface area (Å²) >= 11 is 0. The molecular weight excluding hydrogens is 736 g/mol. The molecule has 1 heterocycles. The van der Waals surface area contributed by atoms with Crippen LogP contribution in [0.15, 0.2) is 112 Å². The molecule has 1 aliphatic heterocycles. The molecule has 0 spiro atoms. The van der Waals surface area contributed by atoms with Crippen LogP contribution in [-0.2, 0) is 16.8 Å². The molecule has 1 N–H and O–H groups in total. The van der Waals surface area contributed by atoms with E-state index in [4.69, 9.17) is 0 Å². The summed E-state index contributed by atoms with van der Waals surface area (Å²) < 4.78 is 0. The summed E-state index contributed by atoms with van der Waals surface area (Å²) in [6.07, 6.45) is 30.3. The van der Waals surface area contributed by atoms with Gasteiger partial charge in [0.2, 0.25) is 6.15 Å². The van der Waals surface area contributed by atoms with E-state index in [1.54, 1.807) is 39.4 Å². The molecule has 306 valence electrons. The number of benzene rings is 2. The number of allylic oxidation sites excluding steroid dienone is 4. The van der Waals surface area contributed by atoms with Gasteiger partial charge in [0.1, 0.15) is 5.70 Å². The van der Waals surface area contributed by atoms with Crippen LogP contribution in [0.4, 0.5) is 0 Å². The molecule has 4 aliphatic rings. The van der Waals surface area contributed by atoms with Crippen molar-refractivity contribution in [2.24, 2.45) is 15.3 Å². The predicted molar refractivity (Wildman–Crippen MR) is 240 cm³/mol. The normalized spacial score (nSPS) is 18.2. The molecule has 3 saturated carbocycles. The predicted octanol–water partition coefficient (Wildman–Crippen LogP) is 12.8. The van der Waals surface area contributed by atoms with Crippen molar-refractivity contribution in [2.75, 3.05) is 19.6 Å². The van der Waals surface area contributed by atoms with Crippen LogP contribution in [0.5, 0.6) is 0 Å². The van der Waals surface area contributed by atoms with Crippen LogP contribution >= 0.6 is 0 Å². The van der Waals surface area contributed by atoms with Crippen molar-refractivity contribution < 1.29 is 16.8 Å². The van der Waals surface area contributed by atoms with Gasteiger partial charge >= 0.3 is 16.8 Å². The fourth-order valence-corrected chi connectivity index (χ4v) is 9.23. The second kappa shape index (κ2) is 28.7. The van der Waals surface area contributed by atoms with Gasteiger partial charge in [0, 0.05) is 37.3 Å². The first kappa shape index (κ1) is 48.5. The topological polar surface area (TPSA) is 103 Å². The molecule has 0 bridgehead atoms. The van der Waals surface area contributed by atoms with Gasteiger partial charge < -0.3 is 21.0 Å². The summed E-state index contributed by atoms with van der Waals surface area (Å²) in [5, 5.41) is 22.8. The van der Waals surface area contributed by atoms with Crippen molar-refractivity contribution in [3.8, 4) is 0 Å². The SMILES string of the molecule is C1=CC[N-]C=C1.CC(=NCCCN/C(C)=C(/C)N=O)/C(C)=N/[O-].[CH2-]c1ccccc1.[Co+3].c1ccc([B-]([C+]2CCCCC2)(C2CCCCC2)C2CCCCC2)cc1. The van der Waals surface area contributed by atoms with E-state index >= 15 is 0 Å². The maximum Gasteiger partial charge on any atom is 3.00 e. The number of hydrogen-bond donors (Lipinski definition) is 1. The monoisotopic (exact) mass is 805 g/mol. The van der Waals surface area contributed by atoms with Crippen molar-refractivity contribution in [1.82, 2.24) is 5.32 Å². The fraction of sp³-hybridized carbons (Fsp3) is 0.532. The molecule has 2 aromatic rings. The quantitative estimate of drug-likeness (QED) is 0.0611. The van der Waals surface area contributed by atoms with Crippen molar-refractivity contribution in [1.29, 1.82) is 0 Å². The molecule has 6 rings (SSSR count). The van der Waals surface area contributed by atoms with Crippen LogP contribution in [0.2, 0.25) is 11.6 Å². The van der Waals surface area contributed by atoms with Crippen LogP contribution in [0.1, 0.15) is 136 Å². The van der Waals surface area contributed by atoms with Crippen LogP contribution < -0.4 is 10.8 Å². The minimum Gasteiger partial charge on any atom is -0.792 e. The Kier molecular flexibility index (Phi) is 24.8. The summed E-state index contributed by atoms with van der Waals surface area (Å²) in [5.74, 6) is 4.00. The van der Waals surface area contributed by atoms with Gasteiger partial charge in [-0.15, -0.1) is 47.1 Å². The van der Waals surface area contributed by atoms with Gasteiger partial charge in [0.05, 0.1) is 5.71 Å². The van der Waals surface area contributed by atoms with E-state index in [-0.39, 0.29) is 16.8 Å². The second-order valence-corrected chi connectivity index (χ2v) is 15.8. The van der Waals surface area contributed by atoms with Crippen LogP contribution in [0.3, 0.4) is 0 Å². The van der Waals surface area contributed by atoms with E-state index < -0.39 is 6.15 Å². The van der Waals surface area contributed by atoms with Gasteiger partial charge in [-0.2, -0.15) is 36.3 Å². The molecule has 3 aliphatic carbocycles. The first-order valence-electron chi connectivity index (χ1n) is 21.2. The van der Waals surface area contributed by atoms with Crippen molar-refractivity contribution in [3.63, 3.8) is 0 Å². The molecule has 0 radical (unpaired) electrons. The molecular formula is C47H69BCoN5O2. The Balaban J connectivity index is 0.000000300. The summed E-state index contributed by atoms with van der Waals surface area (Å²) in [7, 11) is 0. The van der Waals surface area contributed by atoms with Crippen molar-refractivity contribution in [3.05, 3.63) is 130 Å². The Labute approximate surface area is 350 Å². The third-order valence-electron chi connectivity index (χ3n) is 12.2. The van der Waals surface area contributed by atoms with E-state index in [1.165, 1.54) is 96.3 Å². The summed E-state index contributed by atoms with van der Waals surface area (Å²) in [6, 6.07) is 21.8. The second-order valence-electron chi connectivity index (χ2n) is 15.8. The first-order chi connectivity index (χ1) is 26.8. The van der Waals surface area contributed by atoms with Gasteiger partial charge in [-0.05, 0) is 58.6 Å². The van der Waals surface area contributed by atoms with Gasteiger partial charge in [-0.25, -0.2) is 0 Å². The Morgan fingerprint density at radius 1 is 0.804 bits per heavy atom. The van der Waals surface area contributed by atoms with E-state index in [0.29, 0.717) is 30.2 Å². The summed E-state index contributed by atoms with van der Waals surface area (Å²) in [4.78, 5) is 14.4. The van der Waals surface area contributed by atoms with Crippen molar-refractivity contribution in [2.45, 2.75) is 142 Å². The standard InChI is InChI=1S/C24H37B.C11H20N4O2.C7H7.C5H6N.Co/c1-5-13-21(14-6-1)25(22-15-7-2-8-16-22,23-17-9-3-10-18-23)24-19-11-4-12-20-24;1-8(10(3)14-16)12-6-5-7-13-9(2)11(4)15-17;1-7-5-3-2-4-6-7;1-2-4-6-5-3-1;/h1,5-6,13-14,22-23H,2-4,7-12,15-20H2;12,17H,5-7H2,1-4H3;2-6H,1H2;1-4H,5H2;/q;;2*-1;+3/p-1/b;10-8-,13-9?,15-11+;;;. The third kappa shape index (κ3) is 16.4. The van der Waals surface area contributed by atoms with Crippen LogP contribution in [-0.4, -0.2) is 37.2 Å². The minimum absolute atomic E-state index is 0. The van der Waals surface area contributed by atoms with E-state index in [0.717, 1.165) is 35.9 Å². The minimum atomic E-state index is -0.468. The molecule has 0 unspecified atom stereocenters. The van der Waals surface area contributed by atoms with Crippen LogP contribution in [0, 0.1) is 22.9 Å². The van der Waals surface area contributed by atoms with Gasteiger partial charge in [0.25, 0.3) is 0 Å². The van der Waals surface area contributed by atoms with Gasteiger partial charge in [0.15, 0.2) is 0 Å². The zero-order chi connectivity index (χ0) is 39.6. The maximum atomic E-state index is 10.2. The number of nitrogens with one attached hydrogen (secondary N) is 1. The summed E-state index contributed by atoms with van der Waals surface area (Å²) in [6.45, 7) is 12.8. The zero-order valence-electron chi connectivity index (χ0n) is 34.9. The third-order valence-corrected chi connectivity index (χ3v) is 12.2. The van der Waals surface area contributed by atoms with E-state index in [9.17, 15) is 10.1 Å².